The third kappa shape index (κ3) is 2.90. The van der Waals surface area contributed by atoms with Gasteiger partial charge >= 0.3 is 0 Å². The fourth-order valence-corrected chi connectivity index (χ4v) is 2.68. The molecule has 2 nitrogen and oxygen atoms in total. The van der Waals surface area contributed by atoms with E-state index >= 15 is 0 Å². The van der Waals surface area contributed by atoms with Crippen molar-refractivity contribution in [1.82, 2.24) is 4.98 Å². The summed E-state index contributed by atoms with van der Waals surface area (Å²) >= 11 is 5.11. The molecule has 0 aliphatic rings. The van der Waals surface area contributed by atoms with Crippen LogP contribution in [0.15, 0.2) is 39.6 Å². The minimum atomic E-state index is 0.347. The van der Waals surface area contributed by atoms with Crippen molar-refractivity contribution < 1.29 is 0 Å². The Morgan fingerprint density at radius 2 is 2.31 bits per heavy atom. The maximum Gasteiger partial charge on any atom is 0.0794 e. The monoisotopic (exact) mass is 296 g/mol. The molecule has 1 aromatic carbocycles. The van der Waals surface area contributed by atoms with Gasteiger partial charge < -0.3 is 5.73 Å². The van der Waals surface area contributed by atoms with Crippen LogP contribution in [0.5, 0.6) is 0 Å². The Bertz CT molecular complexity index is 442. The number of hydrogen-bond donors (Lipinski definition) is 1. The van der Waals surface area contributed by atoms with Gasteiger partial charge in [-0.05, 0) is 30.7 Å². The van der Waals surface area contributed by atoms with Crippen LogP contribution in [-0.4, -0.2) is 11.5 Å². The molecule has 0 saturated carbocycles. The molecular weight excluding hydrogens is 284 g/mol. The second-order valence-corrected chi connectivity index (χ2v) is 5.31. The Hall–Kier alpha value is -0.710. The van der Waals surface area contributed by atoms with Gasteiger partial charge in [0, 0.05) is 15.8 Å². The van der Waals surface area contributed by atoms with Gasteiger partial charge in [-0.1, -0.05) is 28.1 Å². The molecule has 4 heteroatoms. The fraction of sp³-hybridized carbons (Fsp3) is 0.250. The molecule has 1 unspecified atom stereocenters. The first-order valence-electron chi connectivity index (χ1n) is 5.12. The van der Waals surface area contributed by atoms with Crippen molar-refractivity contribution in [3.63, 3.8) is 0 Å². The average molecular weight is 297 g/mol. The van der Waals surface area contributed by atoms with Crippen molar-refractivity contribution in [2.75, 3.05) is 6.54 Å². The minimum absolute atomic E-state index is 0.347. The van der Waals surface area contributed by atoms with E-state index in [2.05, 4.69) is 38.4 Å². The number of hydrogen-bond acceptors (Lipinski definition) is 3. The van der Waals surface area contributed by atoms with Crippen LogP contribution in [0.2, 0.25) is 0 Å². The molecule has 1 atom stereocenters. The fourth-order valence-electron chi connectivity index (χ4n) is 1.69. The van der Waals surface area contributed by atoms with E-state index in [1.54, 1.807) is 11.3 Å². The number of nitrogens with zero attached hydrogens (tertiary/aromatic N) is 1. The number of benzene rings is 1. The van der Waals surface area contributed by atoms with Crippen molar-refractivity contribution >= 4 is 27.3 Å². The summed E-state index contributed by atoms with van der Waals surface area (Å²) in [7, 11) is 0. The molecule has 0 aliphatic carbocycles. The Labute approximate surface area is 108 Å². The molecule has 2 rings (SSSR count). The molecule has 84 valence electrons. The first-order valence-corrected chi connectivity index (χ1v) is 6.86. The highest BCUT2D eigenvalue weighted by atomic mass is 79.9. The van der Waals surface area contributed by atoms with Gasteiger partial charge in [-0.25, -0.2) is 4.98 Å². The van der Waals surface area contributed by atoms with Gasteiger partial charge in [0.1, 0.15) is 0 Å². The number of nitrogens with two attached hydrogens (primary N) is 1. The van der Waals surface area contributed by atoms with Crippen molar-refractivity contribution in [3.05, 3.63) is 50.9 Å². The number of thiazole rings is 1. The van der Waals surface area contributed by atoms with Crippen LogP contribution in [0.4, 0.5) is 0 Å². The van der Waals surface area contributed by atoms with E-state index in [9.17, 15) is 0 Å². The lowest BCUT2D eigenvalue weighted by molar-refractivity contribution is 0.684. The molecule has 0 amide bonds. The lowest BCUT2D eigenvalue weighted by Gasteiger charge is -2.14. The number of rotatable bonds is 4. The van der Waals surface area contributed by atoms with Gasteiger partial charge in [-0.15, -0.1) is 11.3 Å². The van der Waals surface area contributed by atoms with Crippen LogP contribution in [0.25, 0.3) is 0 Å². The highest BCUT2D eigenvalue weighted by molar-refractivity contribution is 9.10. The van der Waals surface area contributed by atoms with Crippen LogP contribution >= 0.6 is 27.3 Å². The zero-order valence-corrected chi connectivity index (χ0v) is 11.2. The number of aromatic nitrogens is 1. The van der Waals surface area contributed by atoms with Crippen LogP contribution in [-0.2, 0) is 6.42 Å². The maximum atomic E-state index is 5.83. The zero-order chi connectivity index (χ0) is 11.4. The van der Waals surface area contributed by atoms with E-state index in [1.807, 2.05) is 17.6 Å². The van der Waals surface area contributed by atoms with Crippen LogP contribution in [0.3, 0.4) is 0 Å². The molecule has 2 aromatic rings. The van der Waals surface area contributed by atoms with Gasteiger partial charge in [0.15, 0.2) is 0 Å². The summed E-state index contributed by atoms with van der Waals surface area (Å²) in [6.07, 6.45) is 0.913. The first-order chi connectivity index (χ1) is 7.79. The summed E-state index contributed by atoms with van der Waals surface area (Å²) in [6, 6.07) is 8.32. The summed E-state index contributed by atoms with van der Waals surface area (Å²) in [6.45, 7) is 0.647. The summed E-state index contributed by atoms with van der Waals surface area (Å²) in [5.74, 6) is 0.347. The first kappa shape index (κ1) is 11.8. The van der Waals surface area contributed by atoms with E-state index in [4.69, 9.17) is 5.73 Å². The second kappa shape index (κ2) is 5.57. The summed E-state index contributed by atoms with van der Waals surface area (Å²) in [5.41, 5.74) is 10.1. The molecule has 0 fully saturated rings. The smallest absolute Gasteiger partial charge is 0.0794 e. The van der Waals surface area contributed by atoms with Crippen LogP contribution < -0.4 is 5.73 Å². The molecule has 0 radical (unpaired) electrons. The lowest BCUT2D eigenvalue weighted by atomic mass is 9.95. The van der Waals surface area contributed by atoms with Gasteiger partial charge in [0.05, 0.1) is 11.2 Å². The number of halogens is 1. The molecule has 1 heterocycles. The Morgan fingerprint density at radius 1 is 1.44 bits per heavy atom. The molecule has 0 saturated heterocycles. The van der Waals surface area contributed by atoms with Crippen molar-refractivity contribution in [2.24, 2.45) is 5.73 Å². The lowest BCUT2D eigenvalue weighted by Crippen LogP contribution is -2.15. The molecule has 2 N–H and O–H groups in total. The average Bonchev–Trinajstić information content (AvgIpc) is 2.78. The normalized spacial score (nSPS) is 12.6. The molecule has 0 spiro atoms. The predicted molar refractivity (Wildman–Crippen MR) is 71.8 cm³/mol. The van der Waals surface area contributed by atoms with Crippen molar-refractivity contribution in [3.8, 4) is 0 Å². The molecular formula is C12H13BrN2S. The van der Waals surface area contributed by atoms with Crippen LogP contribution in [0.1, 0.15) is 17.2 Å². The highest BCUT2D eigenvalue weighted by Crippen LogP contribution is 2.22. The highest BCUT2D eigenvalue weighted by Gasteiger charge is 2.11. The Balaban J connectivity index is 2.16. The molecule has 1 aromatic heterocycles. The van der Waals surface area contributed by atoms with Crippen molar-refractivity contribution in [2.45, 2.75) is 12.3 Å². The van der Waals surface area contributed by atoms with Gasteiger partial charge in [0.25, 0.3) is 0 Å². The maximum absolute atomic E-state index is 5.83. The van der Waals surface area contributed by atoms with Gasteiger partial charge in [-0.2, -0.15) is 0 Å². The quantitative estimate of drug-likeness (QED) is 0.941. The van der Waals surface area contributed by atoms with E-state index in [0.29, 0.717) is 12.5 Å². The minimum Gasteiger partial charge on any atom is -0.330 e. The molecule has 0 bridgehead atoms. The standard InChI is InChI=1S/C12H13BrN2S/c13-11-3-1-2-9(4-11)10(6-14)5-12-7-16-8-15-12/h1-4,7-8,10H,5-6,14H2. The second-order valence-electron chi connectivity index (χ2n) is 3.67. The van der Waals surface area contributed by atoms with E-state index < -0.39 is 0 Å². The Kier molecular flexibility index (Phi) is 4.09. The molecule has 0 aliphatic heterocycles. The predicted octanol–water partition coefficient (Wildman–Crippen LogP) is 3.19. The van der Waals surface area contributed by atoms with Gasteiger partial charge in [-0.3, -0.25) is 0 Å². The summed E-state index contributed by atoms with van der Waals surface area (Å²) < 4.78 is 1.10. The third-order valence-corrected chi connectivity index (χ3v) is 3.67. The summed E-state index contributed by atoms with van der Waals surface area (Å²) in [5, 5.41) is 2.08. The van der Waals surface area contributed by atoms with E-state index in [1.165, 1.54) is 5.56 Å². The third-order valence-electron chi connectivity index (χ3n) is 2.54. The van der Waals surface area contributed by atoms with E-state index in [0.717, 1.165) is 16.6 Å². The van der Waals surface area contributed by atoms with Gasteiger partial charge in [0.2, 0.25) is 0 Å². The Morgan fingerprint density at radius 3 is 2.94 bits per heavy atom. The zero-order valence-electron chi connectivity index (χ0n) is 8.77. The van der Waals surface area contributed by atoms with Crippen molar-refractivity contribution in [1.29, 1.82) is 0 Å². The largest absolute Gasteiger partial charge is 0.330 e. The molecule has 16 heavy (non-hydrogen) atoms. The van der Waals surface area contributed by atoms with Crippen LogP contribution in [0, 0.1) is 0 Å². The summed E-state index contributed by atoms with van der Waals surface area (Å²) in [4.78, 5) is 4.30. The van der Waals surface area contributed by atoms with E-state index in [-0.39, 0.29) is 0 Å². The topological polar surface area (TPSA) is 38.9 Å². The SMILES string of the molecule is NCC(Cc1cscn1)c1cccc(Br)c1.